The largest absolute Gasteiger partial charge is 0.496 e. The van der Waals surface area contributed by atoms with Crippen LogP contribution in [0.1, 0.15) is 30.0 Å². The zero-order valence-corrected chi connectivity index (χ0v) is 16.8. The SMILES string of the molecule is COc1ccccc1C(CNS(=O)(=O)c1cccc(C(F)(F)F)c1)N1CCCC1. The fourth-order valence-corrected chi connectivity index (χ4v) is 4.63. The molecule has 1 aliphatic heterocycles. The number of benzene rings is 2. The molecule has 0 aliphatic carbocycles. The van der Waals surface area contributed by atoms with Gasteiger partial charge in [0.05, 0.1) is 23.6 Å². The highest BCUT2D eigenvalue weighted by Gasteiger charge is 2.32. The van der Waals surface area contributed by atoms with Gasteiger partial charge in [0.1, 0.15) is 5.75 Å². The lowest BCUT2D eigenvalue weighted by atomic mass is 10.0. The minimum atomic E-state index is -4.61. The molecule has 1 saturated heterocycles. The molecule has 0 amide bonds. The van der Waals surface area contributed by atoms with E-state index in [1.54, 1.807) is 13.2 Å². The van der Waals surface area contributed by atoms with Crippen molar-refractivity contribution in [3.63, 3.8) is 0 Å². The summed E-state index contributed by atoms with van der Waals surface area (Å²) < 4.78 is 72.1. The van der Waals surface area contributed by atoms with E-state index in [-0.39, 0.29) is 12.6 Å². The summed E-state index contributed by atoms with van der Waals surface area (Å²) in [7, 11) is -2.56. The van der Waals surface area contributed by atoms with Crippen LogP contribution in [0.5, 0.6) is 5.75 Å². The maximum atomic E-state index is 12.9. The van der Waals surface area contributed by atoms with Gasteiger partial charge in [-0.15, -0.1) is 0 Å². The zero-order chi connectivity index (χ0) is 21.1. The molecule has 158 valence electrons. The monoisotopic (exact) mass is 428 g/mol. The van der Waals surface area contributed by atoms with Crippen LogP contribution in [0, 0.1) is 0 Å². The fraction of sp³-hybridized carbons (Fsp3) is 0.400. The standard InChI is InChI=1S/C20H23F3N2O3S/c1-28-19-10-3-2-9-17(19)18(25-11-4-5-12-25)14-24-29(26,27)16-8-6-7-15(13-16)20(21,22)23/h2-3,6-10,13,18,24H,4-5,11-12,14H2,1H3. The number of nitrogens with one attached hydrogen (secondary N) is 1. The first-order valence-electron chi connectivity index (χ1n) is 9.26. The van der Waals surface area contributed by atoms with E-state index in [9.17, 15) is 21.6 Å². The molecular weight excluding hydrogens is 405 g/mol. The van der Waals surface area contributed by atoms with E-state index in [1.807, 2.05) is 18.2 Å². The van der Waals surface area contributed by atoms with Gasteiger partial charge in [0.15, 0.2) is 0 Å². The zero-order valence-electron chi connectivity index (χ0n) is 15.9. The van der Waals surface area contributed by atoms with Crippen molar-refractivity contribution in [1.82, 2.24) is 9.62 Å². The van der Waals surface area contributed by atoms with Crippen LogP contribution >= 0.6 is 0 Å². The summed E-state index contributed by atoms with van der Waals surface area (Å²) in [5.41, 5.74) is -0.162. The highest BCUT2D eigenvalue weighted by molar-refractivity contribution is 7.89. The van der Waals surface area contributed by atoms with E-state index in [1.165, 1.54) is 0 Å². The number of ether oxygens (including phenoxy) is 1. The van der Waals surface area contributed by atoms with Gasteiger partial charge in [0, 0.05) is 12.1 Å². The number of hydrogen-bond acceptors (Lipinski definition) is 4. The summed E-state index contributed by atoms with van der Waals surface area (Å²) in [5.74, 6) is 0.641. The van der Waals surface area contributed by atoms with Crippen LogP contribution in [-0.2, 0) is 16.2 Å². The van der Waals surface area contributed by atoms with Crippen molar-refractivity contribution in [1.29, 1.82) is 0 Å². The molecule has 1 atom stereocenters. The summed E-state index contributed by atoms with van der Waals surface area (Å²) in [5, 5.41) is 0. The number of nitrogens with zero attached hydrogens (tertiary/aromatic N) is 1. The van der Waals surface area contributed by atoms with E-state index in [0.717, 1.165) is 49.7 Å². The average Bonchev–Trinajstić information content (AvgIpc) is 3.22. The molecule has 3 rings (SSSR count). The van der Waals surface area contributed by atoms with Gasteiger partial charge in [-0.25, -0.2) is 13.1 Å². The minimum absolute atomic E-state index is 0.0267. The van der Waals surface area contributed by atoms with E-state index >= 15 is 0 Å². The predicted octanol–water partition coefficient (Wildman–Crippen LogP) is 3.83. The minimum Gasteiger partial charge on any atom is -0.496 e. The smallest absolute Gasteiger partial charge is 0.416 e. The Morgan fingerprint density at radius 3 is 2.45 bits per heavy atom. The number of likely N-dealkylation sites (tertiary alicyclic amines) is 1. The third kappa shape index (κ3) is 5.09. The van der Waals surface area contributed by atoms with Crippen molar-refractivity contribution in [2.75, 3.05) is 26.7 Å². The molecule has 1 aliphatic rings. The van der Waals surface area contributed by atoms with Gasteiger partial charge < -0.3 is 4.74 Å². The topological polar surface area (TPSA) is 58.6 Å². The second kappa shape index (κ2) is 8.73. The van der Waals surface area contributed by atoms with E-state index in [4.69, 9.17) is 4.74 Å². The number of alkyl halides is 3. The van der Waals surface area contributed by atoms with E-state index in [0.29, 0.717) is 11.8 Å². The Kier molecular flexibility index (Phi) is 6.50. The van der Waals surface area contributed by atoms with Crippen molar-refractivity contribution in [2.45, 2.75) is 30.0 Å². The highest BCUT2D eigenvalue weighted by atomic mass is 32.2. The Balaban J connectivity index is 1.85. The average molecular weight is 428 g/mol. The molecule has 0 spiro atoms. The number of sulfonamides is 1. The molecule has 5 nitrogen and oxygen atoms in total. The Morgan fingerprint density at radius 2 is 1.79 bits per heavy atom. The Bertz CT molecular complexity index is 942. The van der Waals surface area contributed by atoms with Gasteiger partial charge >= 0.3 is 6.18 Å². The van der Waals surface area contributed by atoms with Crippen LogP contribution in [0.15, 0.2) is 53.4 Å². The third-order valence-corrected chi connectivity index (χ3v) is 6.44. The lowest BCUT2D eigenvalue weighted by Crippen LogP contribution is -2.37. The van der Waals surface area contributed by atoms with Gasteiger partial charge in [-0.05, 0) is 50.2 Å². The van der Waals surface area contributed by atoms with Crippen LogP contribution in [0.4, 0.5) is 13.2 Å². The summed E-state index contributed by atoms with van der Waals surface area (Å²) in [4.78, 5) is 1.75. The number of rotatable bonds is 7. The number of halogens is 3. The molecule has 2 aromatic carbocycles. The normalized spacial score (nSPS) is 16.7. The molecule has 29 heavy (non-hydrogen) atoms. The van der Waals surface area contributed by atoms with Gasteiger partial charge in [-0.2, -0.15) is 13.2 Å². The highest BCUT2D eigenvalue weighted by Crippen LogP contribution is 2.32. The van der Waals surface area contributed by atoms with Crippen LogP contribution < -0.4 is 9.46 Å². The Morgan fingerprint density at radius 1 is 1.10 bits per heavy atom. The van der Waals surface area contributed by atoms with Gasteiger partial charge in [-0.3, -0.25) is 4.90 Å². The van der Waals surface area contributed by atoms with Gasteiger partial charge in [0.2, 0.25) is 10.0 Å². The molecule has 9 heteroatoms. The molecule has 2 aromatic rings. The van der Waals surface area contributed by atoms with Crippen molar-refractivity contribution < 1.29 is 26.3 Å². The lowest BCUT2D eigenvalue weighted by molar-refractivity contribution is -0.137. The first kappa shape index (κ1) is 21.6. The molecule has 0 saturated carbocycles. The quantitative estimate of drug-likeness (QED) is 0.728. The molecular formula is C20H23F3N2O3S. The van der Waals surface area contributed by atoms with Crippen LogP contribution in [0.2, 0.25) is 0 Å². The Labute approximate surface area is 168 Å². The first-order valence-corrected chi connectivity index (χ1v) is 10.7. The van der Waals surface area contributed by atoms with Crippen LogP contribution in [0.3, 0.4) is 0 Å². The molecule has 1 fully saturated rings. The predicted molar refractivity (Wildman–Crippen MR) is 103 cm³/mol. The lowest BCUT2D eigenvalue weighted by Gasteiger charge is -2.29. The number of para-hydroxylation sites is 1. The molecule has 1 heterocycles. The first-order chi connectivity index (χ1) is 13.7. The molecule has 1 N–H and O–H groups in total. The summed E-state index contributed by atoms with van der Waals surface area (Å²) in [6.45, 7) is 1.65. The van der Waals surface area contributed by atoms with Crippen molar-refractivity contribution in [2.24, 2.45) is 0 Å². The van der Waals surface area contributed by atoms with E-state index in [2.05, 4.69) is 9.62 Å². The van der Waals surface area contributed by atoms with Crippen LogP contribution in [-0.4, -0.2) is 40.1 Å². The fourth-order valence-electron chi connectivity index (χ4n) is 3.54. The number of hydrogen-bond donors (Lipinski definition) is 1. The van der Waals surface area contributed by atoms with Gasteiger partial charge in [-0.1, -0.05) is 24.3 Å². The summed E-state index contributed by atoms with van der Waals surface area (Å²) in [6, 6.07) is 10.8. The maximum Gasteiger partial charge on any atom is 0.416 e. The second-order valence-corrected chi connectivity index (χ2v) is 8.65. The maximum absolute atomic E-state index is 12.9. The molecule has 0 aromatic heterocycles. The summed E-state index contributed by atoms with van der Waals surface area (Å²) >= 11 is 0. The molecule has 0 bridgehead atoms. The Hall–Kier alpha value is -2.10. The van der Waals surface area contributed by atoms with E-state index < -0.39 is 26.7 Å². The van der Waals surface area contributed by atoms with Gasteiger partial charge in [0.25, 0.3) is 0 Å². The number of methoxy groups -OCH3 is 1. The van der Waals surface area contributed by atoms with Crippen LogP contribution in [0.25, 0.3) is 0 Å². The second-order valence-electron chi connectivity index (χ2n) is 6.88. The molecule has 0 radical (unpaired) electrons. The van der Waals surface area contributed by atoms with Crippen molar-refractivity contribution in [3.8, 4) is 5.75 Å². The van der Waals surface area contributed by atoms with Crippen molar-refractivity contribution >= 4 is 10.0 Å². The third-order valence-electron chi connectivity index (χ3n) is 5.02. The summed E-state index contributed by atoms with van der Waals surface area (Å²) in [6.07, 6.45) is -2.60. The van der Waals surface area contributed by atoms with Crippen molar-refractivity contribution in [3.05, 3.63) is 59.7 Å². The molecule has 1 unspecified atom stereocenters.